The molecule has 11 heavy (non-hydrogen) atoms. The van der Waals surface area contributed by atoms with Crippen LogP contribution in [0.4, 0.5) is 4.79 Å². The fourth-order valence-electron chi connectivity index (χ4n) is 1.23. The Morgan fingerprint density at radius 1 is 1.73 bits per heavy atom. The summed E-state index contributed by atoms with van der Waals surface area (Å²) in [5.74, 6) is 0. The molecule has 1 N–H and O–H groups in total. The van der Waals surface area contributed by atoms with Gasteiger partial charge in [-0.15, -0.1) is 0 Å². The van der Waals surface area contributed by atoms with Crippen molar-refractivity contribution in [3.8, 4) is 0 Å². The maximum absolute atomic E-state index is 11.1. The predicted octanol–water partition coefficient (Wildman–Crippen LogP) is 0.270. The van der Waals surface area contributed by atoms with Crippen molar-refractivity contribution >= 4 is 6.03 Å². The summed E-state index contributed by atoms with van der Waals surface area (Å²) in [6.45, 7) is 1.96. The lowest BCUT2D eigenvalue weighted by Crippen LogP contribution is -2.34. The maximum atomic E-state index is 11.1. The summed E-state index contributed by atoms with van der Waals surface area (Å²) in [6, 6.07) is -0.102. The summed E-state index contributed by atoms with van der Waals surface area (Å²) in [5.41, 5.74) is 1.09. The molecule has 0 saturated carbocycles. The summed E-state index contributed by atoms with van der Waals surface area (Å²) in [4.78, 5) is 12.6. The van der Waals surface area contributed by atoms with Gasteiger partial charge in [0.15, 0.2) is 6.23 Å². The number of ether oxygens (including phenoxy) is 1. The van der Waals surface area contributed by atoms with Gasteiger partial charge in [0.2, 0.25) is 0 Å². The summed E-state index contributed by atoms with van der Waals surface area (Å²) >= 11 is 0. The Hall–Kier alpha value is -1.03. The molecule has 2 aliphatic heterocycles. The number of hydrogen-bond acceptors (Lipinski definition) is 2. The third kappa shape index (κ3) is 0.991. The highest BCUT2D eigenvalue weighted by molar-refractivity contribution is 5.76. The first-order valence-electron chi connectivity index (χ1n) is 3.55. The fourth-order valence-corrected chi connectivity index (χ4v) is 1.23. The minimum absolute atomic E-state index is 0.0799. The number of nitrogens with one attached hydrogen (secondary N) is 1. The van der Waals surface area contributed by atoms with Crippen LogP contribution in [0, 0.1) is 0 Å². The molecule has 0 aliphatic carbocycles. The molecule has 1 fully saturated rings. The fraction of sp³-hybridized carbons (Fsp3) is 0.571. The summed E-state index contributed by atoms with van der Waals surface area (Å²) < 4.78 is 5.16. The Kier molecular flexibility index (Phi) is 1.20. The second-order valence-corrected chi connectivity index (χ2v) is 2.91. The molecule has 2 unspecified atom stereocenters. The summed E-state index contributed by atoms with van der Waals surface area (Å²) in [5, 5.41) is 2.71. The Bertz CT molecular complexity index is 237. The van der Waals surface area contributed by atoms with E-state index in [1.807, 2.05) is 6.92 Å². The summed E-state index contributed by atoms with van der Waals surface area (Å²) in [7, 11) is 1.73. The monoisotopic (exact) mass is 154 g/mol. The van der Waals surface area contributed by atoms with E-state index in [9.17, 15) is 4.79 Å². The van der Waals surface area contributed by atoms with Crippen molar-refractivity contribution in [2.75, 3.05) is 7.05 Å². The van der Waals surface area contributed by atoms with E-state index in [0.29, 0.717) is 0 Å². The Morgan fingerprint density at radius 2 is 2.45 bits per heavy atom. The van der Waals surface area contributed by atoms with E-state index in [0.717, 1.165) is 5.57 Å². The molecule has 0 aromatic heterocycles. The SMILES string of the molecule is CC1=CN(C)C(=O)NC2OC12. The number of rotatable bonds is 0. The van der Waals surface area contributed by atoms with Gasteiger partial charge in [-0.05, 0) is 12.5 Å². The number of urea groups is 1. The molecule has 0 aromatic rings. The quantitative estimate of drug-likeness (QED) is 0.509. The van der Waals surface area contributed by atoms with E-state index in [1.54, 1.807) is 13.2 Å². The van der Waals surface area contributed by atoms with Crippen LogP contribution < -0.4 is 5.32 Å². The number of epoxide rings is 1. The van der Waals surface area contributed by atoms with Gasteiger partial charge in [0.1, 0.15) is 6.10 Å². The van der Waals surface area contributed by atoms with Crippen LogP contribution in [0.15, 0.2) is 11.8 Å². The Balaban J connectivity index is 2.23. The molecule has 2 atom stereocenters. The van der Waals surface area contributed by atoms with E-state index in [4.69, 9.17) is 4.74 Å². The number of hydrogen-bond donors (Lipinski definition) is 1. The smallest absolute Gasteiger partial charge is 0.323 e. The minimum atomic E-state index is -0.102. The number of nitrogens with zero attached hydrogens (tertiary/aromatic N) is 1. The molecule has 0 spiro atoms. The van der Waals surface area contributed by atoms with E-state index < -0.39 is 0 Å². The van der Waals surface area contributed by atoms with E-state index in [-0.39, 0.29) is 18.4 Å². The van der Waals surface area contributed by atoms with Crippen LogP contribution in [-0.2, 0) is 4.74 Å². The molecule has 0 radical (unpaired) electrons. The number of fused-ring (bicyclic) bond motifs is 1. The zero-order valence-electron chi connectivity index (χ0n) is 6.50. The number of carbonyl (C=O) groups excluding carboxylic acids is 1. The topological polar surface area (TPSA) is 44.9 Å². The molecule has 0 bridgehead atoms. The zero-order valence-corrected chi connectivity index (χ0v) is 6.50. The van der Waals surface area contributed by atoms with Gasteiger partial charge in [0.25, 0.3) is 0 Å². The van der Waals surface area contributed by atoms with Crippen LogP contribution in [0.5, 0.6) is 0 Å². The van der Waals surface area contributed by atoms with Gasteiger partial charge in [0.05, 0.1) is 0 Å². The van der Waals surface area contributed by atoms with Gasteiger partial charge in [-0.2, -0.15) is 0 Å². The predicted molar refractivity (Wildman–Crippen MR) is 38.7 cm³/mol. The largest absolute Gasteiger partial charge is 0.343 e. The van der Waals surface area contributed by atoms with Crippen LogP contribution in [0.1, 0.15) is 6.92 Å². The lowest BCUT2D eigenvalue weighted by molar-refractivity contribution is 0.214. The van der Waals surface area contributed by atoms with Crippen molar-refractivity contribution in [3.63, 3.8) is 0 Å². The maximum Gasteiger partial charge on any atom is 0.323 e. The summed E-state index contributed by atoms with van der Waals surface area (Å²) in [6.07, 6.45) is 1.83. The van der Waals surface area contributed by atoms with E-state index >= 15 is 0 Å². The van der Waals surface area contributed by atoms with Gasteiger partial charge >= 0.3 is 6.03 Å². The highest BCUT2D eigenvalue weighted by Gasteiger charge is 2.43. The average Bonchev–Trinajstić information content (AvgIpc) is 2.66. The van der Waals surface area contributed by atoms with Gasteiger partial charge in [-0.1, -0.05) is 0 Å². The molecule has 2 amide bonds. The van der Waals surface area contributed by atoms with E-state index in [1.165, 1.54) is 4.90 Å². The van der Waals surface area contributed by atoms with Crippen molar-refractivity contribution in [3.05, 3.63) is 11.8 Å². The van der Waals surface area contributed by atoms with E-state index in [2.05, 4.69) is 5.32 Å². The Morgan fingerprint density at radius 3 is 3.18 bits per heavy atom. The molecular weight excluding hydrogens is 144 g/mol. The van der Waals surface area contributed by atoms with Crippen LogP contribution in [0.2, 0.25) is 0 Å². The van der Waals surface area contributed by atoms with Gasteiger partial charge < -0.3 is 15.0 Å². The van der Waals surface area contributed by atoms with Crippen molar-refractivity contribution in [2.24, 2.45) is 0 Å². The molecule has 60 valence electrons. The molecule has 4 nitrogen and oxygen atoms in total. The molecule has 1 saturated heterocycles. The van der Waals surface area contributed by atoms with Crippen molar-refractivity contribution in [1.29, 1.82) is 0 Å². The molecule has 2 rings (SSSR count). The standard InChI is InChI=1S/C7H10N2O2/c1-4-3-9(2)7(10)8-6-5(4)11-6/h3,5-6H,1-2H3,(H,8,10). The first-order chi connectivity index (χ1) is 5.18. The second-order valence-electron chi connectivity index (χ2n) is 2.91. The molecule has 2 heterocycles. The Labute approximate surface area is 64.8 Å². The molecule has 0 aromatic carbocycles. The van der Waals surface area contributed by atoms with Crippen molar-refractivity contribution in [1.82, 2.24) is 10.2 Å². The lowest BCUT2D eigenvalue weighted by atomic mass is 10.2. The average molecular weight is 154 g/mol. The van der Waals surface area contributed by atoms with Crippen LogP contribution in [-0.4, -0.2) is 30.3 Å². The normalized spacial score (nSPS) is 35.3. The van der Waals surface area contributed by atoms with Gasteiger partial charge in [-0.3, -0.25) is 0 Å². The van der Waals surface area contributed by atoms with Gasteiger partial charge in [-0.25, -0.2) is 4.79 Å². The minimum Gasteiger partial charge on any atom is -0.343 e. The molecule has 2 aliphatic rings. The first-order valence-corrected chi connectivity index (χ1v) is 3.55. The third-order valence-electron chi connectivity index (χ3n) is 1.92. The third-order valence-corrected chi connectivity index (χ3v) is 1.92. The highest BCUT2D eigenvalue weighted by Crippen LogP contribution is 2.28. The van der Waals surface area contributed by atoms with Crippen molar-refractivity contribution < 1.29 is 9.53 Å². The van der Waals surface area contributed by atoms with Crippen LogP contribution in [0.3, 0.4) is 0 Å². The molecular formula is C7H10N2O2. The highest BCUT2D eigenvalue weighted by atomic mass is 16.6. The lowest BCUT2D eigenvalue weighted by Gasteiger charge is -2.10. The van der Waals surface area contributed by atoms with Crippen LogP contribution >= 0.6 is 0 Å². The number of carbonyl (C=O) groups is 1. The zero-order chi connectivity index (χ0) is 8.01. The first kappa shape index (κ1) is 6.67. The van der Waals surface area contributed by atoms with Crippen molar-refractivity contribution in [2.45, 2.75) is 19.3 Å². The van der Waals surface area contributed by atoms with Crippen LogP contribution in [0.25, 0.3) is 0 Å². The molecule has 4 heteroatoms. The van der Waals surface area contributed by atoms with Gasteiger partial charge in [0, 0.05) is 13.2 Å². The number of amides is 2. The second kappa shape index (κ2) is 1.98.